The van der Waals surface area contributed by atoms with Crippen molar-refractivity contribution in [3.05, 3.63) is 23.3 Å². The third-order valence-electron chi connectivity index (χ3n) is 16.7. The maximum atomic E-state index is 12.3. The molecule has 0 heterocycles. The van der Waals surface area contributed by atoms with Crippen LogP contribution in [0.4, 0.5) is 0 Å². The fraction of sp³-hybridized carbons (Fsp3) is 0.786. The highest BCUT2D eigenvalue weighted by molar-refractivity contribution is 5.92. The van der Waals surface area contributed by atoms with Gasteiger partial charge in [-0.15, -0.1) is 0 Å². The minimum atomic E-state index is -0.831. The van der Waals surface area contributed by atoms with Crippen molar-refractivity contribution >= 4 is 29.4 Å². The summed E-state index contributed by atoms with van der Waals surface area (Å²) in [7, 11) is 0. The van der Waals surface area contributed by atoms with Crippen molar-refractivity contribution < 1.29 is 34.2 Å². The Morgan fingerprint density at radius 1 is 0.755 bits per heavy atom. The number of aliphatic hydroxyl groups is 2. The fourth-order valence-electron chi connectivity index (χ4n) is 14.4. The van der Waals surface area contributed by atoms with Gasteiger partial charge in [0.25, 0.3) is 0 Å². The van der Waals surface area contributed by atoms with E-state index in [9.17, 15) is 34.2 Å². The van der Waals surface area contributed by atoms with E-state index >= 15 is 0 Å². The molecule has 0 unspecified atom stereocenters. The van der Waals surface area contributed by atoms with Gasteiger partial charge in [0.2, 0.25) is 0 Å². The monoisotopic (exact) mass is 674 g/mol. The van der Waals surface area contributed by atoms with Crippen molar-refractivity contribution in [2.45, 2.75) is 130 Å². The first-order chi connectivity index (χ1) is 23.2. The number of allylic oxidation sites excluding steroid dienone is 2. The Morgan fingerprint density at radius 2 is 1.35 bits per heavy atom. The third kappa shape index (κ3) is 5.20. The van der Waals surface area contributed by atoms with Crippen LogP contribution in [0.15, 0.2) is 23.3 Å². The predicted molar refractivity (Wildman–Crippen MR) is 185 cm³/mol. The molecule has 49 heavy (non-hydrogen) atoms. The summed E-state index contributed by atoms with van der Waals surface area (Å²) in [4.78, 5) is 60.4. The normalized spacial score (nSPS) is 48.2. The molecule has 2 N–H and O–H groups in total. The van der Waals surface area contributed by atoms with Gasteiger partial charge in [0.15, 0.2) is 17.3 Å². The van der Waals surface area contributed by atoms with Crippen LogP contribution in [-0.4, -0.2) is 52.3 Å². The van der Waals surface area contributed by atoms with Gasteiger partial charge in [0.1, 0.15) is 18.7 Å². The van der Waals surface area contributed by atoms with Crippen molar-refractivity contribution in [1.29, 1.82) is 0 Å². The summed E-state index contributed by atoms with van der Waals surface area (Å²) in [5.41, 5.74) is 2.09. The molecule has 0 aromatic rings. The second-order valence-electron chi connectivity index (χ2n) is 18.4. The van der Waals surface area contributed by atoms with Gasteiger partial charge in [-0.3, -0.25) is 19.2 Å². The van der Waals surface area contributed by atoms with Crippen LogP contribution >= 0.6 is 0 Å². The Kier molecular flexibility index (Phi) is 8.94. The van der Waals surface area contributed by atoms with Crippen molar-refractivity contribution in [2.75, 3.05) is 6.61 Å². The van der Waals surface area contributed by atoms with Crippen LogP contribution in [0.1, 0.15) is 124 Å². The van der Waals surface area contributed by atoms with Crippen molar-refractivity contribution in [3.63, 3.8) is 0 Å². The van der Waals surface area contributed by atoms with Gasteiger partial charge in [-0.2, -0.15) is 0 Å². The summed E-state index contributed by atoms with van der Waals surface area (Å²) in [5, 5.41) is 20.5. The average molecular weight is 675 g/mol. The zero-order valence-electron chi connectivity index (χ0n) is 30.2. The SMILES string of the molecule is CC(=O)[C@H]1CC[C@H]2[C@@H]3CCC4=CC(=O)CC[C@]4(C)[C@H]3CC[C@]12C.C[C@]12CCC(=O)C=C1CC[C@@H]1[C@@H]2[C@@H](O)C[C@]2(C=O)[C@@H](C(=O)CO)CC[C@@H]12. The van der Waals surface area contributed by atoms with Crippen LogP contribution < -0.4 is 0 Å². The van der Waals surface area contributed by atoms with E-state index in [2.05, 4.69) is 20.8 Å². The molecule has 13 atom stereocenters. The Hall–Kier alpha value is -2.25. The van der Waals surface area contributed by atoms with Gasteiger partial charge < -0.3 is 15.0 Å². The van der Waals surface area contributed by atoms with Crippen molar-refractivity contribution in [3.8, 4) is 0 Å². The molecule has 0 radical (unpaired) electrons. The Balaban J connectivity index is 0.000000155. The zero-order chi connectivity index (χ0) is 35.1. The smallest absolute Gasteiger partial charge is 0.162 e. The first kappa shape index (κ1) is 35.2. The predicted octanol–water partition coefficient (Wildman–Crippen LogP) is 6.57. The highest BCUT2D eigenvalue weighted by Crippen LogP contribution is 2.68. The highest BCUT2D eigenvalue weighted by Gasteiger charge is 2.65. The molecular formula is C42H58O7. The quantitative estimate of drug-likeness (QED) is 0.323. The number of fused-ring (bicyclic) bond motifs is 10. The van der Waals surface area contributed by atoms with E-state index in [0.717, 1.165) is 81.0 Å². The second kappa shape index (κ2) is 12.5. The van der Waals surface area contributed by atoms with Crippen molar-refractivity contribution in [2.24, 2.45) is 69.0 Å². The summed E-state index contributed by atoms with van der Waals surface area (Å²) >= 11 is 0. The van der Waals surface area contributed by atoms with Crippen LogP contribution in [0, 0.1) is 69.0 Å². The molecule has 0 amide bonds. The Labute approximate surface area is 292 Å². The minimum absolute atomic E-state index is 0.0386. The molecule has 8 aliphatic carbocycles. The lowest BCUT2D eigenvalue weighted by atomic mass is 9.45. The number of aldehydes is 1. The lowest BCUT2D eigenvalue weighted by Crippen LogP contribution is -2.58. The van der Waals surface area contributed by atoms with Crippen molar-refractivity contribution in [1.82, 2.24) is 0 Å². The molecule has 0 aromatic carbocycles. The van der Waals surface area contributed by atoms with Crippen LogP contribution in [0.3, 0.4) is 0 Å². The van der Waals surface area contributed by atoms with Gasteiger partial charge in [0, 0.05) is 30.1 Å². The molecular weight excluding hydrogens is 616 g/mol. The molecule has 0 bridgehead atoms. The Bertz CT molecular complexity index is 1490. The minimum Gasteiger partial charge on any atom is -0.393 e. The van der Waals surface area contributed by atoms with Gasteiger partial charge in [0.05, 0.1) is 6.10 Å². The van der Waals surface area contributed by atoms with Crippen LogP contribution in [0.5, 0.6) is 0 Å². The number of Topliss-reactive ketones (excluding diaryl/α,β-unsaturated/α-hetero) is 2. The molecule has 7 nitrogen and oxygen atoms in total. The number of hydrogen-bond donors (Lipinski definition) is 2. The van der Waals surface area contributed by atoms with E-state index in [1.54, 1.807) is 13.0 Å². The number of carbonyl (C=O) groups excluding carboxylic acids is 5. The molecule has 6 saturated carbocycles. The summed E-state index contributed by atoms with van der Waals surface area (Å²) in [6.07, 6.45) is 17.7. The molecule has 0 aliphatic heterocycles. The van der Waals surface area contributed by atoms with Gasteiger partial charge in [-0.05, 0) is 154 Å². The van der Waals surface area contributed by atoms with Crippen LogP contribution in [-0.2, 0) is 24.0 Å². The molecule has 268 valence electrons. The standard InChI is InChI=1S/C21H28O5.C21H30O2/c1-20-7-6-13(24)8-12(20)2-3-14-15-4-5-16(18(26)10-22)21(15,11-23)9-17(25)19(14)20;1-13(22)17-6-7-18-16-5-4-14-12-15(23)8-10-20(14,2)19(16)9-11-21(17,18)3/h8,11,14-17,19,22,25H,2-7,9-10H2,1H3;12,16-19H,4-11H2,1-3H3/t14-,15-,16+,17-,19+,20-,21+;16-,17+,18-,19-,20-,21+/m00/s1. The zero-order valence-corrected chi connectivity index (χ0v) is 30.2. The second-order valence-corrected chi connectivity index (χ2v) is 18.4. The highest BCUT2D eigenvalue weighted by atomic mass is 16.3. The van der Waals surface area contributed by atoms with Gasteiger partial charge >= 0.3 is 0 Å². The van der Waals surface area contributed by atoms with E-state index in [1.165, 1.54) is 31.3 Å². The number of rotatable bonds is 4. The fourth-order valence-corrected chi connectivity index (χ4v) is 14.4. The Morgan fingerprint density at radius 3 is 1.98 bits per heavy atom. The van der Waals surface area contributed by atoms with Crippen LogP contribution in [0.25, 0.3) is 0 Å². The number of hydrogen-bond acceptors (Lipinski definition) is 7. The number of aliphatic hydroxyl groups excluding tert-OH is 2. The number of carbonyl (C=O) groups is 5. The van der Waals surface area contributed by atoms with Crippen LogP contribution in [0.2, 0.25) is 0 Å². The molecule has 8 aliphatic rings. The molecule has 0 spiro atoms. The van der Waals surface area contributed by atoms with E-state index in [1.807, 2.05) is 6.08 Å². The maximum Gasteiger partial charge on any atom is 0.162 e. The molecule has 8 rings (SSSR count). The summed E-state index contributed by atoms with van der Waals surface area (Å²) in [6, 6.07) is 0. The summed E-state index contributed by atoms with van der Waals surface area (Å²) in [5.74, 6) is 3.05. The van der Waals surface area contributed by atoms with Gasteiger partial charge in [-0.25, -0.2) is 0 Å². The van der Waals surface area contributed by atoms with E-state index < -0.39 is 24.0 Å². The average Bonchev–Trinajstić information content (AvgIpc) is 3.63. The van der Waals surface area contributed by atoms with E-state index in [4.69, 9.17) is 0 Å². The first-order valence-electron chi connectivity index (χ1n) is 19.5. The molecule has 6 fully saturated rings. The topological polar surface area (TPSA) is 126 Å². The van der Waals surface area contributed by atoms with E-state index in [0.29, 0.717) is 36.7 Å². The summed E-state index contributed by atoms with van der Waals surface area (Å²) < 4.78 is 0. The molecule has 0 aromatic heterocycles. The first-order valence-corrected chi connectivity index (χ1v) is 19.5. The lowest BCUT2D eigenvalue weighted by Gasteiger charge is -2.59. The maximum absolute atomic E-state index is 12.3. The number of ketones is 4. The van der Waals surface area contributed by atoms with Gasteiger partial charge in [-0.1, -0.05) is 31.9 Å². The largest absolute Gasteiger partial charge is 0.393 e. The third-order valence-corrected chi connectivity index (χ3v) is 16.7. The lowest BCUT2D eigenvalue weighted by molar-refractivity contribution is -0.157. The molecule has 0 saturated heterocycles. The molecule has 7 heteroatoms. The van der Waals surface area contributed by atoms with E-state index in [-0.39, 0.29) is 45.6 Å². The summed E-state index contributed by atoms with van der Waals surface area (Å²) in [6.45, 7) is 8.28.